The van der Waals surface area contributed by atoms with E-state index in [1.807, 2.05) is 12.3 Å². The number of rotatable bonds is 4. The fourth-order valence-electron chi connectivity index (χ4n) is 3.39. The topological polar surface area (TPSA) is 24.9 Å². The van der Waals surface area contributed by atoms with E-state index < -0.39 is 0 Å². The molecule has 1 atom stereocenters. The number of hydrogen-bond donors (Lipinski definition) is 1. The molecule has 1 saturated carbocycles. The van der Waals surface area contributed by atoms with Crippen LogP contribution in [0.5, 0.6) is 0 Å². The standard InChI is InChI=1S/C18H24N2/c1-18(2)10-8-16(13-18)19-12-9-15-6-3-5-14-7-4-11-20-17(14)15/h3-7,11,16,19H,8-10,12-13H2,1-2H3. The van der Waals surface area contributed by atoms with Gasteiger partial charge in [0.1, 0.15) is 0 Å². The number of para-hydroxylation sites is 1. The normalized spacial score (nSPS) is 21.4. The fourth-order valence-corrected chi connectivity index (χ4v) is 3.39. The quantitative estimate of drug-likeness (QED) is 0.908. The van der Waals surface area contributed by atoms with E-state index in [9.17, 15) is 0 Å². The summed E-state index contributed by atoms with van der Waals surface area (Å²) in [5.41, 5.74) is 3.04. The molecular weight excluding hydrogens is 244 g/mol. The van der Waals surface area contributed by atoms with Crippen LogP contribution in [-0.4, -0.2) is 17.6 Å². The minimum absolute atomic E-state index is 0.526. The Kier molecular flexibility index (Phi) is 3.75. The largest absolute Gasteiger partial charge is 0.314 e. The van der Waals surface area contributed by atoms with Crippen LogP contribution < -0.4 is 5.32 Å². The highest BCUT2D eigenvalue weighted by Crippen LogP contribution is 2.36. The van der Waals surface area contributed by atoms with E-state index in [2.05, 4.69) is 48.4 Å². The summed E-state index contributed by atoms with van der Waals surface area (Å²) in [7, 11) is 0. The maximum Gasteiger partial charge on any atom is 0.0734 e. The lowest BCUT2D eigenvalue weighted by Crippen LogP contribution is -2.29. The summed E-state index contributed by atoms with van der Waals surface area (Å²) in [6, 6.07) is 11.3. The van der Waals surface area contributed by atoms with Crippen molar-refractivity contribution in [2.75, 3.05) is 6.54 Å². The molecular formula is C18H24N2. The molecule has 1 unspecified atom stereocenters. The number of aromatic nitrogens is 1. The molecule has 0 radical (unpaired) electrons. The first-order valence-electron chi connectivity index (χ1n) is 7.70. The number of benzene rings is 1. The summed E-state index contributed by atoms with van der Waals surface area (Å²) in [5.74, 6) is 0. The third-order valence-electron chi connectivity index (χ3n) is 4.51. The van der Waals surface area contributed by atoms with Gasteiger partial charge in [-0.1, -0.05) is 38.1 Å². The lowest BCUT2D eigenvalue weighted by Gasteiger charge is -2.18. The van der Waals surface area contributed by atoms with Crippen LogP contribution in [0.15, 0.2) is 36.5 Å². The first-order valence-corrected chi connectivity index (χ1v) is 7.70. The van der Waals surface area contributed by atoms with E-state index in [0.29, 0.717) is 11.5 Å². The third-order valence-corrected chi connectivity index (χ3v) is 4.51. The molecule has 1 heterocycles. The van der Waals surface area contributed by atoms with Crippen molar-refractivity contribution < 1.29 is 0 Å². The monoisotopic (exact) mass is 268 g/mol. The van der Waals surface area contributed by atoms with E-state index in [4.69, 9.17) is 0 Å². The van der Waals surface area contributed by atoms with Crippen LogP contribution in [0.1, 0.15) is 38.7 Å². The molecule has 106 valence electrons. The maximum atomic E-state index is 4.53. The summed E-state index contributed by atoms with van der Waals surface area (Å²) in [6.07, 6.45) is 6.92. The van der Waals surface area contributed by atoms with Crippen LogP contribution in [0, 0.1) is 5.41 Å². The van der Waals surface area contributed by atoms with Crippen molar-refractivity contribution in [3.05, 3.63) is 42.1 Å². The van der Waals surface area contributed by atoms with Gasteiger partial charge >= 0.3 is 0 Å². The molecule has 20 heavy (non-hydrogen) atoms. The van der Waals surface area contributed by atoms with Gasteiger partial charge in [0.2, 0.25) is 0 Å². The van der Waals surface area contributed by atoms with E-state index in [1.54, 1.807) is 0 Å². The molecule has 1 aromatic heterocycles. The van der Waals surface area contributed by atoms with Crippen molar-refractivity contribution in [1.29, 1.82) is 0 Å². The molecule has 1 fully saturated rings. The summed E-state index contributed by atoms with van der Waals surface area (Å²) >= 11 is 0. The molecule has 3 rings (SSSR count). The Morgan fingerprint density at radius 2 is 2.10 bits per heavy atom. The van der Waals surface area contributed by atoms with E-state index in [0.717, 1.165) is 18.5 Å². The van der Waals surface area contributed by atoms with Crippen LogP contribution in [0.25, 0.3) is 10.9 Å². The summed E-state index contributed by atoms with van der Waals surface area (Å²) < 4.78 is 0. The van der Waals surface area contributed by atoms with E-state index in [1.165, 1.54) is 30.2 Å². The van der Waals surface area contributed by atoms with Gasteiger partial charge in [-0.05, 0) is 49.3 Å². The molecule has 2 aromatic rings. The SMILES string of the molecule is CC1(C)CCC(NCCc2cccc3cccnc23)C1. The second-order valence-electron chi connectivity index (χ2n) is 6.80. The van der Waals surface area contributed by atoms with Crippen molar-refractivity contribution in [2.24, 2.45) is 5.41 Å². The van der Waals surface area contributed by atoms with Crippen LogP contribution in [0.4, 0.5) is 0 Å². The van der Waals surface area contributed by atoms with Crippen LogP contribution in [0.3, 0.4) is 0 Å². The number of fused-ring (bicyclic) bond motifs is 1. The highest BCUT2D eigenvalue weighted by Gasteiger charge is 2.30. The Hall–Kier alpha value is -1.41. The lowest BCUT2D eigenvalue weighted by atomic mass is 9.92. The lowest BCUT2D eigenvalue weighted by molar-refractivity contribution is 0.365. The number of nitrogens with one attached hydrogen (secondary N) is 1. The molecule has 0 saturated heterocycles. The zero-order chi connectivity index (χ0) is 14.0. The van der Waals surface area contributed by atoms with Gasteiger partial charge in [0.05, 0.1) is 5.52 Å². The first kappa shape index (κ1) is 13.6. The van der Waals surface area contributed by atoms with Crippen molar-refractivity contribution >= 4 is 10.9 Å². The van der Waals surface area contributed by atoms with Crippen LogP contribution in [0.2, 0.25) is 0 Å². The summed E-state index contributed by atoms with van der Waals surface area (Å²) in [4.78, 5) is 4.53. The molecule has 0 spiro atoms. The maximum absolute atomic E-state index is 4.53. The zero-order valence-corrected chi connectivity index (χ0v) is 12.5. The van der Waals surface area contributed by atoms with Gasteiger partial charge in [0, 0.05) is 17.6 Å². The van der Waals surface area contributed by atoms with Gasteiger partial charge < -0.3 is 5.32 Å². The smallest absolute Gasteiger partial charge is 0.0734 e. The van der Waals surface area contributed by atoms with Crippen LogP contribution in [-0.2, 0) is 6.42 Å². The Labute approximate surface area is 121 Å². The number of pyridine rings is 1. The number of hydrogen-bond acceptors (Lipinski definition) is 2. The van der Waals surface area contributed by atoms with E-state index in [-0.39, 0.29) is 0 Å². The average Bonchev–Trinajstić information content (AvgIpc) is 2.79. The zero-order valence-electron chi connectivity index (χ0n) is 12.5. The second kappa shape index (κ2) is 5.53. The molecule has 1 aliphatic carbocycles. The highest BCUT2D eigenvalue weighted by molar-refractivity contribution is 5.81. The Morgan fingerprint density at radius 3 is 2.90 bits per heavy atom. The highest BCUT2D eigenvalue weighted by atomic mass is 14.9. The predicted octanol–water partition coefficient (Wildman–Crippen LogP) is 3.95. The predicted molar refractivity (Wildman–Crippen MR) is 84.9 cm³/mol. The van der Waals surface area contributed by atoms with Gasteiger partial charge in [0.15, 0.2) is 0 Å². The Balaban J connectivity index is 1.61. The fraction of sp³-hybridized carbons (Fsp3) is 0.500. The Bertz CT molecular complexity index is 583. The average molecular weight is 268 g/mol. The molecule has 2 heteroatoms. The molecule has 1 aromatic carbocycles. The third kappa shape index (κ3) is 3.01. The van der Waals surface area contributed by atoms with Gasteiger partial charge in [-0.25, -0.2) is 0 Å². The van der Waals surface area contributed by atoms with Crippen LogP contribution >= 0.6 is 0 Å². The van der Waals surface area contributed by atoms with Crippen molar-refractivity contribution in [2.45, 2.75) is 45.6 Å². The van der Waals surface area contributed by atoms with Crippen molar-refractivity contribution in [1.82, 2.24) is 10.3 Å². The Morgan fingerprint density at radius 1 is 1.25 bits per heavy atom. The first-order chi connectivity index (χ1) is 9.64. The molecule has 0 aliphatic heterocycles. The number of nitrogens with zero attached hydrogens (tertiary/aromatic N) is 1. The second-order valence-corrected chi connectivity index (χ2v) is 6.80. The van der Waals surface area contributed by atoms with Gasteiger partial charge in [-0.2, -0.15) is 0 Å². The minimum atomic E-state index is 0.526. The van der Waals surface area contributed by atoms with Gasteiger partial charge in [0.25, 0.3) is 0 Å². The minimum Gasteiger partial charge on any atom is -0.314 e. The van der Waals surface area contributed by atoms with E-state index >= 15 is 0 Å². The van der Waals surface area contributed by atoms with Gasteiger partial charge in [-0.15, -0.1) is 0 Å². The van der Waals surface area contributed by atoms with Gasteiger partial charge in [-0.3, -0.25) is 4.98 Å². The molecule has 1 N–H and O–H groups in total. The molecule has 1 aliphatic rings. The van der Waals surface area contributed by atoms with Crippen molar-refractivity contribution in [3.63, 3.8) is 0 Å². The van der Waals surface area contributed by atoms with Crippen molar-refractivity contribution in [3.8, 4) is 0 Å². The molecule has 0 amide bonds. The summed E-state index contributed by atoms with van der Waals surface area (Å²) in [6.45, 7) is 5.81. The summed E-state index contributed by atoms with van der Waals surface area (Å²) in [5, 5.41) is 4.97. The molecule has 2 nitrogen and oxygen atoms in total. The molecule has 0 bridgehead atoms.